The maximum Gasteiger partial charge on any atom is 0.321 e. The number of amides is 3. The summed E-state index contributed by atoms with van der Waals surface area (Å²) in [5.41, 5.74) is 1.85. The summed E-state index contributed by atoms with van der Waals surface area (Å²) in [5.74, 6) is 0.297. The van der Waals surface area contributed by atoms with Crippen molar-refractivity contribution in [1.29, 1.82) is 0 Å². The fourth-order valence-electron chi connectivity index (χ4n) is 5.08. The van der Waals surface area contributed by atoms with Crippen LogP contribution in [0.15, 0.2) is 30.3 Å². The first-order chi connectivity index (χ1) is 16.4. The van der Waals surface area contributed by atoms with Crippen LogP contribution in [0, 0.1) is 12.8 Å². The Morgan fingerprint density at radius 3 is 2.71 bits per heavy atom. The number of Topliss-reactive ketones (excluding diaryl/α,β-unsaturated/α-hetero) is 1. The van der Waals surface area contributed by atoms with E-state index < -0.39 is 0 Å². The van der Waals surface area contributed by atoms with Gasteiger partial charge in [0.1, 0.15) is 0 Å². The highest BCUT2D eigenvalue weighted by atomic mass is 32.1. The number of carbonyl (C=O) groups excluding carboxylic acids is 3. The average molecular weight is 484 g/mol. The number of nitrogens with one attached hydrogen (secondary N) is 3. The van der Waals surface area contributed by atoms with Crippen LogP contribution in [0.25, 0.3) is 0 Å². The van der Waals surface area contributed by atoms with E-state index in [0.717, 1.165) is 45.2 Å². The van der Waals surface area contributed by atoms with Crippen LogP contribution in [0.1, 0.15) is 53.5 Å². The highest BCUT2D eigenvalue weighted by Gasteiger charge is 2.32. The third-order valence-electron chi connectivity index (χ3n) is 6.59. The van der Waals surface area contributed by atoms with Crippen molar-refractivity contribution >= 4 is 34.2 Å². The predicted octanol–water partition coefficient (Wildman–Crippen LogP) is 3.38. The van der Waals surface area contributed by atoms with E-state index in [2.05, 4.69) is 38.0 Å². The summed E-state index contributed by atoms with van der Waals surface area (Å²) in [6, 6.07) is 10.1. The van der Waals surface area contributed by atoms with Crippen molar-refractivity contribution in [3.63, 3.8) is 0 Å². The first-order valence-corrected chi connectivity index (χ1v) is 12.8. The van der Waals surface area contributed by atoms with Gasteiger partial charge in [-0.05, 0) is 37.7 Å². The molecule has 3 amide bonds. The lowest BCUT2D eigenvalue weighted by atomic mass is 9.84. The topological polar surface area (TPSA) is 103 Å². The molecule has 4 rings (SSSR count). The van der Waals surface area contributed by atoms with Gasteiger partial charge >= 0.3 is 6.03 Å². The molecule has 8 nitrogen and oxygen atoms in total. The molecule has 3 N–H and O–H groups in total. The molecule has 2 aromatic rings. The number of urea groups is 1. The fraction of sp³-hybridized carbons (Fsp3) is 0.520. The fourth-order valence-corrected chi connectivity index (χ4v) is 5.93. The largest absolute Gasteiger partial charge is 0.351 e. The maximum absolute atomic E-state index is 12.7. The Kier molecular flexibility index (Phi) is 7.95. The van der Waals surface area contributed by atoms with Crippen molar-refractivity contribution in [3.05, 3.63) is 46.5 Å². The Bertz CT molecular complexity index is 1020. The van der Waals surface area contributed by atoms with Crippen molar-refractivity contribution in [2.45, 2.75) is 58.0 Å². The number of hydrogen-bond acceptors (Lipinski definition) is 6. The molecule has 2 heterocycles. The standard InChI is InChI=1S/C25H33N5O3S/c1-16-23(17(2)31)34-25(26-16)29-24(33)28-21-11-7-6-10-19(21)13-30-14-20(27-22(32)15-30)12-18-8-4-3-5-9-18/h3-5,8-9,19-21H,6-7,10-15H2,1-2H3,(H,27,32)(H2,26,28,29,33)/t19-,20?,21+/m0/s1. The van der Waals surface area contributed by atoms with Gasteiger partial charge in [0.05, 0.1) is 17.1 Å². The molecular weight excluding hydrogens is 450 g/mol. The summed E-state index contributed by atoms with van der Waals surface area (Å²) in [7, 11) is 0. The van der Waals surface area contributed by atoms with E-state index in [4.69, 9.17) is 0 Å². The molecule has 182 valence electrons. The lowest BCUT2D eigenvalue weighted by Gasteiger charge is -2.39. The van der Waals surface area contributed by atoms with E-state index in [0.29, 0.717) is 22.2 Å². The minimum Gasteiger partial charge on any atom is -0.351 e. The normalized spacial score (nSPS) is 23.2. The van der Waals surface area contributed by atoms with Crippen LogP contribution in [0.2, 0.25) is 0 Å². The van der Waals surface area contributed by atoms with Crippen molar-refractivity contribution in [2.75, 3.05) is 25.0 Å². The molecule has 0 spiro atoms. The Labute approximate surface area is 204 Å². The number of benzene rings is 1. The van der Waals surface area contributed by atoms with Crippen molar-refractivity contribution in [3.8, 4) is 0 Å². The number of rotatable bonds is 7. The highest BCUT2D eigenvalue weighted by Crippen LogP contribution is 2.27. The minimum absolute atomic E-state index is 0.0413. The monoisotopic (exact) mass is 483 g/mol. The Balaban J connectivity index is 1.34. The summed E-state index contributed by atoms with van der Waals surface area (Å²) in [6.45, 7) is 5.26. The first kappa shape index (κ1) is 24.3. The lowest BCUT2D eigenvalue weighted by molar-refractivity contribution is -0.125. The second-order valence-corrected chi connectivity index (χ2v) is 10.4. The quantitative estimate of drug-likeness (QED) is 0.524. The number of thiazole rings is 1. The van der Waals surface area contributed by atoms with Crippen molar-refractivity contribution in [2.24, 2.45) is 5.92 Å². The van der Waals surface area contributed by atoms with Crippen LogP contribution in [-0.2, 0) is 11.2 Å². The van der Waals surface area contributed by atoms with Crippen LogP contribution < -0.4 is 16.0 Å². The van der Waals surface area contributed by atoms with E-state index in [1.165, 1.54) is 23.8 Å². The molecule has 2 fully saturated rings. The van der Waals surface area contributed by atoms with E-state index in [1.807, 2.05) is 18.2 Å². The number of carbonyl (C=O) groups is 3. The minimum atomic E-state index is -0.293. The van der Waals surface area contributed by atoms with Crippen LogP contribution in [-0.4, -0.2) is 59.3 Å². The summed E-state index contributed by atoms with van der Waals surface area (Å²) < 4.78 is 0. The van der Waals surface area contributed by atoms with Crippen LogP contribution >= 0.6 is 11.3 Å². The molecule has 1 aliphatic carbocycles. The molecule has 3 atom stereocenters. The van der Waals surface area contributed by atoms with Crippen LogP contribution in [0.5, 0.6) is 0 Å². The third kappa shape index (κ3) is 6.42. The van der Waals surface area contributed by atoms with Gasteiger partial charge in [0.15, 0.2) is 10.9 Å². The molecule has 1 aliphatic heterocycles. The van der Waals surface area contributed by atoms with Gasteiger partial charge in [-0.2, -0.15) is 0 Å². The van der Waals surface area contributed by atoms with Gasteiger partial charge in [0.2, 0.25) is 5.91 Å². The zero-order valence-electron chi connectivity index (χ0n) is 19.8. The summed E-state index contributed by atoms with van der Waals surface area (Å²) in [5, 5.41) is 9.49. The predicted molar refractivity (Wildman–Crippen MR) is 133 cm³/mol. The first-order valence-electron chi connectivity index (χ1n) is 12.0. The smallest absolute Gasteiger partial charge is 0.321 e. The van der Waals surface area contributed by atoms with E-state index >= 15 is 0 Å². The SMILES string of the molecule is CC(=O)c1sc(NC(=O)N[C@@H]2CCCC[C@H]2CN2CC(=O)NC(Cc3ccccc3)C2)nc1C. The molecule has 1 unspecified atom stereocenters. The Morgan fingerprint density at radius 1 is 1.21 bits per heavy atom. The second-order valence-electron chi connectivity index (χ2n) is 9.39. The maximum atomic E-state index is 12.7. The van der Waals surface area contributed by atoms with Gasteiger partial charge in [-0.25, -0.2) is 9.78 Å². The molecule has 34 heavy (non-hydrogen) atoms. The molecule has 9 heteroatoms. The second kappa shape index (κ2) is 11.1. The van der Waals surface area contributed by atoms with Gasteiger partial charge in [0.25, 0.3) is 0 Å². The van der Waals surface area contributed by atoms with Crippen molar-refractivity contribution in [1.82, 2.24) is 20.5 Å². The molecular formula is C25H33N5O3S. The summed E-state index contributed by atoms with van der Waals surface area (Å²) >= 11 is 1.20. The number of ketones is 1. The number of hydrogen-bond donors (Lipinski definition) is 3. The lowest BCUT2D eigenvalue weighted by Crippen LogP contribution is -2.57. The van der Waals surface area contributed by atoms with Gasteiger partial charge in [0, 0.05) is 32.1 Å². The Hall–Kier alpha value is -2.78. The van der Waals surface area contributed by atoms with E-state index in [-0.39, 0.29) is 35.7 Å². The number of nitrogens with zero attached hydrogens (tertiary/aromatic N) is 2. The highest BCUT2D eigenvalue weighted by molar-refractivity contribution is 7.17. The molecule has 0 bridgehead atoms. The molecule has 1 aromatic carbocycles. The van der Waals surface area contributed by atoms with E-state index in [9.17, 15) is 14.4 Å². The molecule has 1 saturated carbocycles. The third-order valence-corrected chi connectivity index (χ3v) is 7.76. The summed E-state index contributed by atoms with van der Waals surface area (Å²) in [4.78, 5) is 43.9. The van der Waals surface area contributed by atoms with E-state index in [1.54, 1.807) is 6.92 Å². The molecule has 1 aromatic heterocycles. The Morgan fingerprint density at radius 2 is 1.97 bits per heavy atom. The number of anilines is 1. The summed E-state index contributed by atoms with van der Waals surface area (Å²) in [6.07, 6.45) is 4.96. The van der Waals surface area contributed by atoms with Gasteiger partial charge in [-0.3, -0.25) is 19.8 Å². The number of aryl methyl sites for hydroxylation is 1. The molecule has 0 radical (unpaired) electrons. The van der Waals surface area contributed by atoms with Gasteiger partial charge < -0.3 is 10.6 Å². The van der Waals surface area contributed by atoms with Gasteiger partial charge in [-0.1, -0.05) is 54.5 Å². The zero-order chi connectivity index (χ0) is 24.1. The molecule has 2 aliphatic rings. The number of piperazine rings is 1. The van der Waals surface area contributed by atoms with Gasteiger partial charge in [-0.15, -0.1) is 0 Å². The molecule has 1 saturated heterocycles. The average Bonchev–Trinajstić information content (AvgIpc) is 3.15. The van der Waals surface area contributed by atoms with Crippen LogP contribution in [0.3, 0.4) is 0 Å². The van der Waals surface area contributed by atoms with Crippen molar-refractivity contribution < 1.29 is 14.4 Å². The zero-order valence-corrected chi connectivity index (χ0v) is 20.6. The van der Waals surface area contributed by atoms with Crippen LogP contribution in [0.4, 0.5) is 9.93 Å². The number of aromatic nitrogens is 1.